The molecule has 0 bridgehead atoms. The molecule has 0 aliphatic carbocycles. The van der Waals surface area contributed by atoms with Gasteiger partial charge < -0.3 is 5.32 Å². The summed E-state index contributed by atoms with van der Waals surface area (Å²) in [5.74, 6) is 0.486. The van der Waals surface area contributed by atoms with Crippen LogP contribution >= 0.6 is 11.3 Å². The van der Waals surface area contributed by atoms with Crippen molar-refractivity contribution in [3.63, 3.8) is 0 Å². The highest BCUT2D eigenvalue weighted by Crippen LogP contribution is 2.32. The van der Waals surface area contributed by atoms with Gasteiger partial charge in [-0.2, -0.15) is 4.31 Å². The summed E-state index contributed by atoms with van der Waals surface area (Å²) in [5.41, 5.74) is 4.05. The Morgan fingerprint density at radius 1 is 1.10 bits per heavy atom. The van der Waals surface area contributed by atoms with Crippen LogP contribution in [0.1, 0.15) is 24.8 Å². The fraction of sp³-hybridized carbons (Fsp3) is 0.300. The Kier molecular flexibility index (Phi) is 5.71. The molecule has 1 aromatic carbocycles. The van der Waals surface area contributed by atoms with E-state index in [1.807, 2.05) is 12.1 Å². The number of aromatic nitrogens is 2. The minimum Gasteiger partial charge on any atom is -0.324 e. The van der Waals surface area contributed by atoms with Gasteiger partial charge in [0.25, 0.3) is 10.0 Å². The second-order valence-electron chi connectivity index (χ2n) is 7.27. The molecular weight excluding hydrogens is 403 g/mol. The number of aryl methyl sites for hydroxylation is 1. The van der Waals surface area contributed by atoms with Crippen LogP contribution in [0.3, 0.4) is 0 Å². The SMILES string of the molecule is Bc1ccc(Nc2nccc(-c3ccc(S(=O)(=O)N4CCCCC4)s3)n2)cc1C. The van der Waals surface area contributed by atoms with Crippen molar-refractivity contribution in [2.75, 3.05) is 18.4 Å². The second-order valence-corrected chi connectivity index (χ2v) is 10.5. The number of hydrogen-bond donors (Lipinski definition) is 1. The molecule has 1 aliphatic heterocycles. The summed E-state index contributed by atoms with van der Waals surface area (Å²) in [5, 5.41) is 3.23. The molecule has 1 aliphatic rings. The van der Waals surface area contributed by atoms with Gasteiger partial charge in [-0.3, -0.25) is 0 Å². The lowest BCUT2D eigenvalue weighted by molar-refractivity contribution is 0.347. The number of benzene rings is 1. The minimum atomic E-state index is -3.42. The first kappa shape index (κ1) is 20.1. The average molecular weight is 426 g/mol. The molecule has 1 N–H and O–H groups in total. The van der Waals surface area contributed by atoms with Crippen LogP contribution in [-0.4, -0.2) is 43.6 Å². The van der Waals surface area contributed by atoms with Gasteiger partial charge in [0.15, 0.2) is 0 Å². The quantitative estimate of drug-likeness (QED) is 0.635. The van der Waals surface area contributed by atoms with Crippen LogP contribution in [-0.2, 0) is 10.0 Å². The first-order valence-corrected chi connectivity index (χ1v) is 12.0. The summed E-state index contributed by atoms with van der Waals surface area (Å²) < 4.78 is 27.7. The lowest BCUT2D eigenvalue weighted by Gasteiger charge is -2.25. The van der Waals surface area contributed by atoms with Crippen molar-refractivity contribution in [1.82, 2.24) is 14.3 Å². The number of hydrogen-bond acceptors (Lipinski definition) is 6. The fourth-order valence-electron chi connectivity index (χ4n) is 3.33. The largest absolute Gasteiger partial charge is 0.324 e. The van der Waals surface area contributed by atoms with E-state index in [1.165, 1.54) is 22.4 Å². The third-order valence-corrected chi connectivity index (χ3v) is 8.64. The molecule has 29 heavy (non-hydrogen) atoms. The molecule has 1 fully saturated rings. The summed E-state index contributed by atoms with van der Waals surface area (Å²) >= 11 is 1.26. The van der Waals surface area contributed by atoms with Gasteiger partial charge in [0.05, 0.1) is 10.6 Å². The Balaban J connectivity index is 1.56. The summed E-state index contributed by atoms with van der Waals surface area (Å²) in [7, 11) is -1.35. The van der Waals surface area contributed by atoms with E-state index >= 15 is 0 Å². The maximum atomic E-state index is 12.9. The molecule has 9 heteroatoms. The molecule has 0 saturated carbocycles. The first-order chi connectivity index (χ1) is 13.9. The van der Waals surface area contributed by atoms with Crippen LogP contribution in [0.4, 0.5) is 11.6 Å². The Morgan fingerprint density at radius 3 is 2.66 bits per heavy atom. The maximum absolute atomic E-state index is 12.9. The van der Waals surface area contributed by atoms with E-state index in [4.69, 9.17) is 0 Å². The van der Waals surface area contributed by atoms with Gasteiger partial charge in [-0.05, 0) is 50.1 Å². The Labute approximate surface area is 176 Å². The number of piperidine rings is 1. The highest BCUT2D eigenvalue weighted by molar-refractivity contribution is 7.91. The van der Waals surface area contributed by atoms with Crippen LogP contribution in [0.2, 0.25) is 0 Å². The van der Waals surface area contributed by atoms with E-state index in [0.29, 0.717) is 28.9 Å². The van der Waals surface area contributed by atoms with Gasteiger partial charge in [-0.15, -0.1) is 11.3 Å². The molecule has 0 amide bonds. The predicted molar refractivity (Wildman–Crippen MR) is 121 cm³/mol. The summed E-state index contributed by atoms with van der Waals surface area (Å²) in [4.78, 5) is 9.69. The molecule has 0 unspecified atom stereocenters. The molecule has 0 spiro atoms. The summed E-state index contributed by atoms with van der Waals surface area (Å²) in [6, 6.07) is 11.4. The lowest BCUT2D eigenvalue weighted by atomic mass is 9.91. The van der Waals surface area contributed by atoms with Gasteiger partial charge in [0, 0.05) is 25.0 Å². The highest BCUT2D eigenvalue weighted by atomic mass is 32.2. The smallest absolute Gasteiger partial charge is 0.252 e. The normalized spacial score (nSPS) is 15.3. The minimum absolute atomic E-state index is 0.372. The van der Waals surface area contributed by atoms with E-state index in [-0.39, 0.29) is 0 Å². The molecule has 150 valence electrons. The summed E-state index contributed by atoms with van der Waals surface area (Å²) in [6.07, 6.45) is 4.64. The van der Waals surface area contributed by atoms with Gasteiger partial charge >= 0.3 is 0 Å². The van der Waals surface area contributed by atoms with Crippen molar-refractivity contribution in [3.05, 3.63) is 48.2 Å². The Hall–Kier alpha value is -2.23. The molecule has 3 heterocycles. The Bertz CT molecular complexity index is 1130. The zero-order chi connectivity index (χ0) is 20.4. The number of nitrogens with one attached hydrogen (secondary N) is 1. The van der Waals surface area contributed by atoms with Gasteiger partial charge in [0.2, 0.25) is 5.95 Å². The Morgan fingerprint density at radius 2 is 1.90 bits per heavy atom. The van der Waals surface area contributed by atoms with E-state index in [0.717, 1.165) is 29.8 Å². The van der Waals surface area contributed by atoms with Crippen LogP contribution in [0, 0.1) is 6.92 Å². The average Bonchev–Trinajstić information content (AvgIpc) is 3.23. The van der Waals surface area contributed by atoms with Crippen molar-refractivity contribution >= 4 is 46.3 Å². The predicted octanol–water partition coefficient (Wildman–Crippen LogP) is 2.69. The van der Waals surface area contributed by atoms with Crippen LogP contribution in [0.5, 0.6) is 0 Å². The number of rotatable bonds is 5. The van der Waals surface area contributed by atoms with E-state index < -0.39 is 10.0 Å². The van der Waals surface area contributed by atoms with Crippen molar-refractivity contribution in [2.45, 2.75) is 30.4 Å². The third kappa shape index (κ3) is 4.36. The second kappa shape index (κ2) is 8.26. The third-order valence-electron chi connectivity index (χ3n) is 5.16. The number of sulfonamides is 1. The monoisotopic (exact) mass is 426 g/mol. The fourth-order valence-corrected chi connectivity index (χ4v) is 6.28. The molecule has 3 aromatic rings. The van der Waals surface area contributed by atoms with Gasteiger partial charge in [-0.25, -0.2) is 18.4 Å². The van der Waals surface area contributed by atoms with E-state index in [2.05, 4.69) is 42.2 Å². The van der Waals surface area contributed by atoms with Crippen LogP contribution in [0.15, 0.2) is 46.8 Å². The van der Waals surface area contributed by atoms with Gasteiger partial charge in [0.1, 0.15) is 12.1 Å². The first-order valence-electron chi connectivity index (χ1n) is 9.71. The molecule has 1 saturated heterocycles. The molecule has 4 rings (SSSR count). The van der Waals surface area contributed by atoms with Crippen molar-refractivity contribution in [1.29, 1.82) is 0 Å². The highest BCUT2D eigenvalue weighted by Gasteiger charge is 2.27. The van der Waals surface area contributed by atoms with Crippen LogP contribution in [0.25, 0.3) is 10.6 Å². The van der Waals surface area contributed by atoms with Gasteiger partial charge in [-0.1, -0.05) is 23.5 Å². The van der Waals surface area contributed by atoms with E-state index in [9.17, 15) is 8.42 Å². The zero-order valence-electron chi connectivity index (χ0n) is 16.6. The van der Waals surface area contributed by atoms with Crippen molar-refractivity contribution in [3.8, 4) is 10.6 Å². The van der Waals surface area contributed by atoms with Crippen molar-refractivity contribution in [2.24, 2.45) is 0 Å². The van der Waals surface area contributed by atoms with E-state index in [1.54, 1.807) is 22.6 Å². The van der Waals surface area contributed by atoms with Crippen LogP contribution < -0.4 is 10.8 Å². The number of thiophene rings is 1. The molecule has 0 radical (unpaired) electrons. The maximum Gasteiger partial charge on any atom is 0.252 e. The zero-order valence-corrected chi connectivity index (χ0v) is 18.2. The molecule has 6 nitrogen and oxygen atoms in total. The number of nitrogens with zero attached hydrogens (tertiary/aromatic N) is 3. The lowest BCUT2D eigenvalue weighted by Crippen LogP contribution is -2.35. The van der Waals surface area contributed by atoms with Crippen molar-refractivity contribution < 1.29 is 8.42 Å². The molecular formula is C20H23BN4O2S2. The number of anilines is 2. The molecule has 2 aromatic heterocycles. The molecule has 0 atom stereocenters. The summed E-state index contributed by atoms with van der Waals surface area (Å²) in [6.45, 7) is 3.27. The topological polar surface area (TPSA) is 75.2 Å². The standard InChI is InChI=1S/C20H23BN4O2S2/c1-14-13-15(5-6-16(14)21)23-20-22-10-9-17(24-20)18-7-8-19(28-18)29(26,27)25-11-3-2-4-12-25/h5-10,13H,2-4,11-12,21H2,1H3,(H,22,23,24).